The first-order valence-corrected chi connectivity index (χ1v) is 17.4. The molecule has 0 radical (unpaired) electrons. The van der Waals surface area contributed by atoms with E-state index in [0.717, 1.165) is 30.4 Å². The van der Waals surface area contributed by atoms with Crippen molar-refractivity contribution in [3.05, 3.63) is 73.4 Å². The molecule has 0 aliphatic carbocycles. The standard InChI is InChI=1S/C28H51FO2.C11H17FO.C2H6/c1-11-14-15-23(13-3)16-20-30-25(29)22-31-24(26(4,5)6)21-28(9,10)19-18-27(7,8)17-12-2;1-4-5-6-10(2)7-8-13-9-11(3)12;1-2/h11,13-15,24-25H,1,12,16-22H2,2-10H3;4-6,11H,1-2,7-9H2,3H3;1-2H3/b15-14-,23-13+;6-5-;. The van der Waals surface area contributed by atoms with Crippen LogP contribution in [0.1, 0.15) is 128 Å². The molecule has 3 nitrogen and oxygen atoms in total. The molecule has 0 saturated heterocycles. The molecule has 46 heavy (non-hydrogen) atoms. The fourth-order valence-electron chi connectivity index (χ4n) is 4.49. The smallest absolute Gasteiger partial charge is 0.222 e. The number of alkyl halides is 2. The van der Waals surface area contributed by atoms with Crippen LogP contribution in [0.15, 0.2) is 73.4 Å². The van der Waals surface area contributed by atoms with Crippen molar-refractivity contribution in [1.29, 1.82) is 0 Å². The minimum absolute atomic E-state index is 0.0136. The molecule has 0 aromatic rings. The lowest BCUT2D eigenvalue weighted by molar-refractivity contribution is -0.130. The zero-order chi connectivity index (χ0) is 36.2. The Hall–Kier alpha value is -1.82. The number of hydrogen-bond donors (Lipinski definition) is 0. The number of hydrogen-bond acceptors (Lipinski definition) is 3. The molecule has 0 aliphatic heterocycles. The van der Waals surface area contributed by atoms with Gasteiger partial charge >= 0.3 is 0 Å². The number of halogens is 2. The highest BCUT2D eigenvalue weighted by Crippen LogP contribution is 2.40. The van der Waals surface area contributed by atoms with E-state index in [4.69, 9.17) is 14.2 Å². The first-order chi connectivity index (χ1) is 21.4. The Morgan fingerprint density at radius 3 is 1.85 bits per heavy atom. The van der Waals surface area contributed by atoms with Gasteiger partial charge in [0.05, 0.1) is 25.9 Å². The largest absolute Gasteiger partial charge is 0.378 e. The summed E-state index contributed by atoms with van der Waals surface area (Å²) in [6.07, 6.45) is 17.8. The molecular weight excluding hydrogens is 578 g/mol. The van der Waals surface area contributed by atoms with Crippen LogP contribution in [-0.2, 0) is 14.2 Å². The van der Waals surface area contributed by atoms with Crippen LogP contribution in [0.2, 0.25) is 0 Å². The Balaban J connectivity index is -0.00000103. The third kappa shape index (κ3) is 30.8. The number of rotatable bonds is 23. The van der Waals surface area contributed by atoms with E-state index in [-0.39, 0.29) is 30.1 Å². The van der Waals surface area contributed by atoms with Crippen LogP contribution >= 0.6 is 0 Å². The molecular formula is C41H74F2O3. The normalized spacial score (nSPS) is 14.6. The molecule has 0 aliphatic rings. The van der Waals surface area contributed by atoms with Gasteiger partial charge in [0, 0.05) is 0 Å². The van der Waals surface area contributed by atoms with E-state index in [2.05, 4.69) is 75.1 Å². The Morgan fingerprint density at radius 2 is 1.35 bits per heavy atom. The van der Waals surface area contributed by atoms with Gasteiger partial charge in [-0.3, -0.25) is 0 Å². The van der Waals surface area contributed by atoms with Gasteiger partial charge in [0.1, 0.15) is 12.8 Å². The summed E-state index contributed by atoms with van der Waals surface area (Å²) < 4.78 is 43.1. The van der Waals surface area contributed by atoms with Gasteiger partial charge in [0.15, 0.2) is 0 Å². The predicted molar refractivity (Wildman–Crippen MR) is 200 cm³/mol. The van der Waals surface area contributed by atoms with Crippen LogP contribution in [0.25, 0.3) is 0 Å². The zero-order valence-electron chi connectivity index (χ0n) is 32.2. The first kappa shape index (κ1) is 48.6. The molecule has 0 rings (SSSR count). The molecule has 0 spiro atoms. The lowest BCUT2D eigenvalue weighted by Gasteiger charge is -2.38. The fraction of sp³-hybridized carbons (Fsp3) is 0.707. The van der Waals surface area contributed by atoms with Crippen molar-refractivity contribution in [3.63, 3.8) is 0 Å². The van der Waals surface area contributed by atoms with Crippen LogP contribution < -0.4 is 0 Å². The average molecular weight is 653 g/mol. The molecule has 0 bridgehead atoms. The maximum Gasteiger partial charge on any atom is 0.222 e. The van der Waals surface area contributed by atoms with Crippen LogP contribution in [0.4, 0.5) is 8.78 Å². The van der Waals surface area contributed by atoms with Crippen molar-refractivity contribution >= 4 is 0 Å². The molecule has 3 unspecified atom stereocenters. The van der Waals surface area contributed by atoms with Gasteiger partial charge in [-0.05, 0) is 74.2 Å². The van der Waals surface area contributed by atoms with E-state index >= 15 is 0 Å². The number of ether oxygens (including phenoxy) is 3. The summed E-state index contributed by atoms with van der Waals surface area (Å²) in [4.78, 5) is 0. The fourth-order valence-corrected chi connectivity index (χ4v) is 4.49. The average Bonchev–Trinajstić information content (AvgIpc) is 2.98. The molecule has 270 valence electrons. The highest BCUT2D eigenvalue weighted by molar-refractivity contribution is 5.20. The molecule has 5 heteroatoms. The number of allylic oxidation sites excluding steroid dienone is 7. The van der Waals surface area contributed by atoms with Crippen molar-refractivity contribution in [2.24, 2.45) is 16.2 Å². The summed E-state index contributed by atoms with van der Waals surface area (Å²) in [5.74, 6) is 0. The Morgan fingerprint density at radius 1 is 0.783 bits per heavy atom. The molecule has 0 aromatic carbocycles. The van der Waals surface area contributed by atoms with Crippen LogP contribution in [0.5, 0.6) is 0 Å². The zero-order valence-corrected chi connectivity index (χ0v) is 32.2. The second-order valence-corrected chi connectivity index (χ2v) is 14.3. The topological polar surface area (TPSA) is 27.7 Å². The molecule has 0 saturated carbocycles. The van der Waals surface area contributed by atoms with Crippen LogP contribution in [-0.4, -0.2) is 45.1 Å². The molecule has 0 heterocycles. The Bertz CT molecular complexity index is 859. The third-order valence-corrected chi connectivity index (χ3v) is 7.43. The van der Waals surface area contributed by atoms with Crippen molar-refractivity contribution in [2.75, 3.05) is 26.4 Å². The van der Waals surface area contributed by atoms with Crippen LogP contribution in [0.3, 0.4) is 0 Å². The van der Waals surface area contributed by atoms with Crippen molar-refractivity contribution in [3.8, 4) is 0 Å². The molecule has 3 atom stereocenters. The van der Waals surface area contributed by atoms with E-state index in [1.54, 1.807) is 12.2 Å². The van der Waals surface area contributed by atoms with E-state index in [1.807, 2.05) is 51.2 Å². The van der Waals surface area contributed by atoms with Gasteiger partial charge in [0.2, 0.25) is 6.36 Å². The van der Waals surface area contributed by atoms with Crippen LogP contribution in [0, 0.1) is 16.2 Å². The highest BCUT2D eigenvalue weighted by Gasteiger charge is 2.33. The SMILES string of the molecule is C=C/C=C\C(=C)CCOCC(C)F.C=C/C=C\C(=C/C)CCOC(F)COC(CC(C)(C)CCC(C)(C)CCC)C(C)(C)C.CC. The van der Waals surface area contributed by atoms with E-state index < -0.39 is 12.5 Å². The second-order valence-electron chi connectivity index (χ2n) is 14.3. The van der Waals surface area contributed by atoms with Gasteiger partial charge in [-0.25, -0.2) is 8.78 Å². The van der Waals surface area contributed by atoms with E-state index in [0.29, 0.717) is 25.0 Å². The monoisotopic (exact) mass is 653 g/mol. The minimum Gasteiger partial charge on any atom is -0.378 e. The summed E-state index contributed by atoms with van der Waals surface area (Å²) in [5.41, 5.74) is 2.53. The predicted octanol–water partition coefficient (Wildman–Crippen LogP) is 12.9. The first-order valence-electron chi connectivity index (χ1n) is 17.4. The van der Waals surface area contributed by atoms with Gasteiger partial charge < -0.3 is 14.2 Å². The maximum atomic E-state index is 14.4. The van der Waals surface area contributed by atoms with Gasteiger partial charge in [-0.15, -0.1) is 0 Å². The quantitative estimate of drug-likeness (QED) is 0.0812. The van der Waals surface area contributed by atoms with Crippen molar-refractivity contribution < 1.29 is 23.0 Å². The maximum absolute atomic E-state index is 14.4. The molecule has 0 amide bonds. The highest BCUT2D eigenvalue weighted by atomic mass is 19.1. The van der Waals surface area contributed by atoms with E-state index in [9.17, 15) is 8.78 Å². The summed E-state index contributed by atoms with van der Waals surface area (Å²) >= 11 is 0. The van der Waals surface area contributed by atoms with Crippen molar-refractivity contribution in [1.82, 2.24) is 0 Å². The second kappa shape index (κ2) is 28.2. The lowest BCUT2D eigenvalue weighted by atomic mass is 9.72. The summed E-state index contributed by atoms with van der Waals surface area (Å²) in [6, 6.07) is 0. The summed E-state index contributed by atoms with van der Waals surface area (Å²) in [6.45, 7) is 37.6. The Kier molecular flexibility index (Phi) is 29.8. The third-order valence-electron chi connectivity index (χ3n) is 7.43. The molecule has 0 N–H and O–H groups in total. The summed E-state index contributed by atoms with van der Waals surface area (Å²) in [5, 5.41) is 0. The summed E-state index contributed by atoms with van der Waals surface area (Å²) in [7, 11) is 0. The molecule has 0 aromatic heterocycles. The minimum atomic E-state index is -1.40. The van der Waals surface area contributed by atoms with Gasteiger partial charge in [-0.1, -0.05) is 144 Å². The van der Waals surface area contributed by atoms with Gasteiger partial charge in [-0.2, -0.15) is 0 Å². The van der Waals surface area contributed by atoms with E-state index in [1.165, 1.54) is 26.2 Å². The lowest BCUT2D eigenvalue weighted by Crippen LogP contribution is -2.36. The van der Waals surface area contributed by atoms with Gasteiger partial charge in [0.25, 0.3) is 0 Å². The van der Waals surface area contributed by atoms with Crippen molar-refractivity contribution in [2.45, 2.75) is 147 Å². The molecule has 0 fully saturated rings. The Labute approximate surface area is 285 Å².